The third-order valence-corrected chi connectivity index (χ3v) is 6.07. The van der Waals surface area contributed by atoms with Crippen molar-refractivity contribution < 1.29 is 13.9 Å². The second kappa shape index (κ2) is 11.0. The summed E-state index contributed by atoms with van der Waals surface area (Å²) in [6.07, 6.45) is 0.591. The van der Waals surface area contributed by atoms with Crippen molar-refractivity contribution in [2.24, 2.45) is 0 Å². The Morgan fingerprint density at radius 2 is 1.83 bits per heavy atom. The Bertz CT molecular complexity index is 1020. The molecule has 0 aliphatic carbocycles. The van der Waals surface area contributed by atoms with E-state index in [4.69, 9.17) is 32.7 Å². The lowest BCUT2D eigenvalue weighted by atomic mass is 10.1. The molecule has 3 rings (SSSR count). The Labute approximate surface area is 194 Å². The molecule has 0 aromatic heterocycles. The van der Waals surface area contributed by atoms with E-state index >= 15 is 0 Å². The molecular formula is C23H21BrCl2FNO2. The van der Waals surface area contributed by atoms with Crippen molar-refractivity contribution in [3.05, 3.63) is 91.6 Å². The topological polar surface area (TPSA) is 30.5 Å². The molecule has 0 saturated carbocycles. The van der Waals surface area contributed by atoms with Gasteiger partial charge in [-0.1, -0.05) is 63.4 Å². The molecule has 0 saturated heterocycles. The van der Waals surface area contributed by atoms with Gasteiger partial charge >= 0.3 is 0 Å². The molecule has 0 spiro atoms. The Balaban J connectivity index is 1.70. The maximum atomic E-state index is 13.8. The molecule has 0 heterocycles. The number of benzene rings is 3. The smallest absolute Gasteiger partial charge is 0.167 e. The van der Waals surface area contributed by atoms with Crippen LogP contribution in [-0.2, 0) is 19.6 Å². The van der Waals surface area contributed by atoms with E-state index < -0.39 is 0 Å². The van der Waals surface area contributed by atoms with Crippen molar-refractivity contribution in [2.75, 3.05) is 13.7 Å². The zero-order chi connectivity index (χ0) is 21.5. The van der Waals surface area contributed by atoms with E-state index in [2.05, 4.69) is 21.2 Å². The summed E-state index contributed by atoms with van der Waals surface area (Å²) in [6, 6.07) is 15.9. The van der Waals surface area contributed by atoms with E-state index in [-0.39, 0.29) is 5.82 Å². The van der Waals surface area contributed by atoms with Crippen LogP contribution in [0.2, 0.25) is 10.0 Å². The number of rotatable bonds is 9. The van der Waals surface area contributed by atoms with Crippen molar-refractivity contribution in [1.29, 1.82) is 0 Å². The molecule has 1 N–H and O–H groups in total. The first-order valence-corrected chi connectivity index (χ1v) is 10.9. The lowest BCUT2D eigenvalue weighted by molar-refractivity contribution is 0.280. The third-order valence-electron chi connectivity index (χ3n) is 4.59. The minimum Gasteiger partial charge on any atom is -0.493 e. The minimum atomic E-state index is -0.187. The largest absolute Gasteiger partial charge is 0.493 e. The first-order chi connectivity index (χ1) is 14.5. The van der Waals surface area contributed by atoms with E-state index in [0.29, 0.717) is 53.2 Å². The fraction of sp³-hybridized carbons (Fsp3) is 0.217. The molecule has 0 fully saturated rings. The van der Waals surface area contributed by atoms with Crippen LogP contribution in [0.1, 0.15) is 16.7 Å². The molecule has 3 aromatic carbocycles. The van der Waals surface area contributed by atoms with Crippen molar-refractivity contribution in [3.8, 4) is 11.5 Å². The summed E-state index contributed by atoms with van der Waals surface area (Å²) in [5.41, 5.74) is 2.50. The monoisotopic (exact) mass is 511 g/mol. The number of ether oxygens (including phenoxy) is 2. The molecule has 30 heavy (non-hydrogen) atoms. The summed E-state index contributed by atoms with van der Waals surface area (Å²) in [5.74, 6) is 1.08. The highest BCUT2D eigenvalue weighted by atomic mass is 79.9. The molecule has 158 valence electrons. The number of halogens is 4. The van der Waals surface area contributed by atoms with Crippen LogP contribution < -0.4 is 14.8 Å². The zero-order valence-corrected chi connectivity index (χ0v) is 19.5. The number of hydrogen-bond donors (Lipinski definition) is 1. The average molecular weight is 513 g/mol. The third kappa shape index (κ3) is 5.88. The molecule has 0 unspecified atom stereocenters. The van der Waals surface area contributed by atoms with Gasteiger partial charge in [0.15, 0.2) is 11.5 Å². The highest BCUT2D eigenvalue weighted by Gasteiger charge is 2.15. The van der Waals surface area contributed by atoms with Gasteiger partial charge in [-0.3, -0.25) is 0 Å². The Hall–Kier alpha value is -1.79. The van der Waals surface area contributed by atoms with Crippen molar-refractivity contribution in [1.82, 2.24) is 5.32 Å². The second-order valence-electron chi connectivity index (χ2n) is 6.61. The van der Waals surface area contributed by atoms with E-state index in [1.807, 2.05) is 24.3 Å². The average Bonchev–Trinajstić information content (AvgIpc) is 2.74. The van der Waals surface area contributed by atoms with Crippen LogP contribution in [0.3, 0.4) is 0 Å². The molecule has 7 heteroatoms. The normalized spacial score (nSPS) is 10.8. The van der Waals surface area contributed by atoms with Crippen molar-refractivity contribution >= 4 is 39.1 Å². The van der Waals surface area contributed by atoms with Crippen molar-refractivity contribution in [2.45, 2.75) is 19.6 Å². The van der Waals surface area contributed by atoms with Crippen LogP contribution in [0.15, 0.2) is 59.1 Å². The van der Waals surface area contributed by atoms with Crippen LogP contribution in [-0.4, -0.2) is 13.7 Å². The molecular weight excluding hydrogens is 492 g/mol. The SMILES string of the molecule is COc1ccc(Br)c(CNCCc2ccccc2F)c1OCc1ccc(Cl)c(Cl)c1. The number of hydrogen-bond acceptors (Lipinski definition) is 3. The minimum absolute atomic E-state index is 0.187. The van der Waals surface area contributed by atoms with Gasteiger partial charge in [0.2, 0.25) is 0 Å². The standard InChI is InChI=1S/C23H21BrCl2FNO2/c1-29-22-9-7-18(24)17(13-28-11-10-16-4-2-3-5-21(16)27)23(22)30-14-15-6-8-19(25)20(26)12-15/h2-9,12,28H,10-11,13-14H2,1H3. The van der Waals surface area contributed by atoms with Gasteiger partial charge in [0.05, 0.1) is 17.2 Å². The lowest BCUT2D eigenvalue weighted by Gasteiger charge is -2.17. The van der Waals surface area contributed by atoms with Crippen LogP contribution in [0, 0.1) is 5.82 Å². The number of methoxy groups -OCH3 is 1. The van der Waals surface area contributed by atoms with E-state index in [0.717, 1.165) is 15.6 Å². The highest BCUT2D eigenvalue weighted by Crippen LogP contribution is 2.37. The molecule has 0 bridgehead atoms. The van der Waals surface area contributed by atoms with Gasteiger partial charge < -0.3 is 14.8 Å². The molecule has 0 radical (unpaired) electrons. The van der Waals surface area contributed by atoms with Crippen molar-refractivity contribution in [3.63, 3.8) is 0 Å². The maximum Gasteiger partial charge on any atom is 0.167 e. The van der Waals surface area contributed by atoms with E-state index in [9.17, 15) is 4.39 Å². The van der Waals surface area contributed by atoms with Gasteiger partial charge in [-0.15, -0.1) is 0 Å². The summed E-state index contributed by atoms with van der Waals surface area (Å²) in [5, 5.41) is 4.33. The van der Waals surface area contributed by atoms with E-state index in [1.54, 1.807) is 31.4 Å². The van der Waals surface area contributed by atoms with Gasteiger partial charge in [0.25, 0.3) is 0 Å². The van der Waals surface area contributed by atoms with Gasteiger partial charge in [0.1, 0.15) is 12.4 Å². The highest BCUT2D eigenvalue weighted by molar-refractivity contribution is 9.10. The number of nitrogens with one attached hydrogen (secondary N) is 1. The summed E-state index contributed by atoms with van der Waals surface area (Å²) in [4.78, 5) is 0. The molecule has 3 nitrogen and oxygen atoms in total. The quantitative estimate of drug-likeness (QED) is 0.319. The molecule has 0 aliphatic rings. The van der Waals surface area contributed by atoms with Gasteiger partial charge in [0, 0.05) is 16.6 Å². The molecule has 0 aliphatic heterocycles. The molecule has 3 aromatic rings. The maximum absolute atomic E-state index is 13.8. The summed E-state index contributed by atoms with van der Waals surface area (Å²) in [6.45, 7) is 1.46. The Morgan fingerprint density at radius 3 is 2.57 bits per heavy atom. The van der Waals surface area contributed by atoms with Gasteiger partial charge in [-0.2, -0.15) is 0 Å². The predicted molar refractivity (Wildman–Crippen MR) is 123 cm³/mol. The fourth-order valence-corrected chi connectivity index (χ4v) is 3.76. The second-order valence-corrected chi connectivity index (χ2v) is 8.28. The molecule has 0 amide bonds. The van der Waals surface area contributed by atoms with Crippen LogP contribution >= 0.6 is 39.1 Å². The summed E-state index contributed by atoms with van der Waals surface area (Å²) < 4.78 is 26.3. The lowest BCUT2D eigenvalue weighted by Crippen LogP contribution is -2.18. The van der Waals surface area contributed by atoms with Gasteiger partial charge in [-0.25, -0.2) is 4.39 Å². The Morgan fingerprint density at radius 1 is 1.03 bits per heavy atom. The first kappa shape index (κ1) is 22.9. The predicted octanol–water partition coefficient (Wildman–Crippen LogP) is 6.81. The van der Waals surface area contributed by atoms with Crippen LogP contribution in [0.5, 0.6) is 11.5 Å². The van der Waals surface area contributed by atoms with Crippen LogP contribution in [0.4, 0.5) is 4.39 Å². The first-order valence-electron chi connectivity index (χ1n) is 9.35. The molecule has 0 atom stereocenters. The fourth-order valence-electron chi connectivity index (χ4n) is 2.99. The van der Waals surface area contributed by atoms with Crippen LogP contribution in [0.25, 0.3) is 0 Å². The van der Waals surface area contributed by atoms with Gasteiger partial charge in [-0.05, 0) is 54.4 Å². The summed E-state index contributed by atoms with van der Waals surface area (Å²) in [7, 11) is 1.60. The van der Waals surface area contributed by atoms with E-state index in [1.165, 1.54) is 6.07 Å². The summed E-state index contributed by atoms with van der Waals surface area (Å²) >= 11 is 15.7. The Kier molecular flexibility index (Phi) is 8.40. The zero-order valence-electron chi connectivity index (χ0n) is 16.4.